The minimum absolute atomic E-state index is 0.182. The molecule has 4 rings (SSSR count). The van der Waals surface area contributed by atoms with Crippen molar-refractivity contribution < 1.29 is 4.92 Å². The second-order valence-electron chi connectivity index (χ2n) is 4.83. The van der Waals surface area contributed by atoms with Gasteiger partial charge in [-0.1, -0.05) is 29.2 Å². The Morgan fingerprint density at radius 2 is 2.17 bits per heavy atom. The lowest BCUT2D eigenvalue weighted by Gasteiger charge is -1.93. The summed E-state index contributed by atoms with van der Waals surface area (Å²) in [6, 6.07) is 7.40. The summed E-state index contributed by atoms with van der Waals surface area (Å²) in [4.78, 5) is 27.8. The average Bonchev–Trinajstić information content (AvgIpc) is 3.05. The van der Waals surface area contributed by atoms with Crippen molar-refractivity contribution in [2.24, 2.45) is 0 Å². The molecule has 1 aliphatic rings. The van der Waals surface area contributed by atoms with Crippen molar-refractivity contribution in [1.29, 1.82) is 0 Å². The molecule has 2 aromatic heterocycles. The van der Waals surface area contributed by atoms with E-state index in [0.717, 1.165) is 11.0 Å². The number of nitrogens with zero attached hydrogens (tertiary/aromatic N) is 3. The van der Waals surface area contributed by atoms with E-state index in [1.54, 1.807) is 16.6 Å². The second kappa shape index (κ2) is 4.90. The summed E-state index contributed by atoms with van der Waals surface area (Å²) in [6.45, 7) is 0. The maximum Gasteiger partial charge on any atom is 0.320 e. The number of fused-ring (bicyclic) bond motifs is 3. The summed E-state index contributed by atoms with van der Waals surface area (Å²) in [7, 11) is 0. The molecular formula is C16H7N3O3S. The highest BCUT2D eigenvalue weighted by Gasteiger charge is 2.12. The highest BCUT2D eigenvalue weighted by Crippen LogP contribution is 2.16. The quantitative estimate of drug-likeness (QED) is 0.410. The Bertz CT molecular complexity index is 1230. The van der Waals surface area contributed by atoms with Gasteiger partial charge in [0.1, 0.15) is 0 Å². The summed E-state index contributed by atoms with van der Waals surface area (Å²) in [5.41, 5.74) is 6.69. The molecule has 0 N–H and O–H groups in total. The van der Waals surface area contributed by atoms with E-state index in [0.29, 0.717) is 15.1 Å². The third-order valence-corrected chi connectivity index (χ3v) is 4.35. The third kappa shape index (κ3) is 2.13. The van der Waals surface area contributed by atoms with Crippen LogP contribution >= 0.6 is 11.3 Å². The number of aromatic nitrogens is 2. The van der Waals surface area contributed by atoms with E-state index >= 15 is 0 Å². The van der Waals surface area contributed by atoms with Crippen molar-refractivity contribution >= 4 is 33.4 Å². The molecule has 2 heterocycles. The van der Waals surface area contributed by atoms with Gasteiger partial charge in [-0.15, -0.1) is 0 Å². The largest absolute Gasteiger partial charge is 0.320 e. The molecule has 0 aliphatic heterocycles. The number of imidazole rings is 1. The molecule has 3 aromatic rings. The van der Waals surface area contributed by atoms with Gasteiger partial charge in [0.15, 0.2) is 4.96 Å². The summed E-state index contributed by atoms with van der Waals surface area (Å²) in [5.74, 6) is 0. The predicted molar refractivity (Wildman–Crippen MR) is 86.7 cm³/mol. The molecule has 0 saturated carbocycles. The van der Waals surface area contributed by atoms with Crippen LogP contribution in [0.5, 0.6) is 0 Å². The van der Waals surface area contributed by atoms with Gasteiger partial charge in [-0.05, 0) is 29.9 Å². The molecule has 7 heteroatoms. The van der Waals surface area contributed by atoms with Gasteiger partial charge in [-0.25, -0.2) is 9.38 Å². The monoisotopic (exact) mass is 321 g/mol. The lowest BCUT2D eigenvalue weighted by atomic mass is 10.1. The van der Waals surface area contributed by atoms with Crippen LogP contribution in [-0.4, -0.2) is 14.3 Å². The van der Waals surface area contributed by atoms with E-state index in [-0.39, 0.29) is 11.3 Å². The van der Waals surface area contributed by atoms with Crippen LogP contribution in [-0.2, 0) is 0 Å². The standard InChI is InChI=1S/C16H7N3O3S/c20-15-14(9-10-4-3-5-11(8-10)19(21)22)23-16-17-12-6-1-2-7-13(12)18(15)16/h1-2,4,6-9H. The number of hydrogen-bond donors (Lipinski definition) is 0. The zero-order valence-corrected chi connectivity index (χ0v) is 12.3. The van der Waals surface area contributed by atoms with Crippen molar-refractivity contribution in [2.45, 2.75) is 0 Å². The van der Waals surface area contributed by atoms with Crippen LogP contribution in [0.15, 0.2) is 63.9 Å². The van der Waals surface area contributed by atoms with Gasteiger partial charge in [0, 0.05) is 11.8 Å². The molecule has 0 spiro atoms. The van der Waals surface area contributed by atoms with Crippen LogP contribution < -0.4 is 10.1 Å². The fraction of sp³-hybridized carbons (Fsp3) is 0. The van der Waals surface area contributed by atoms with E-state index in [4.69, 9.17) is 0 Å². The van der Waals surface area contributed by atoms with E-state index in [9.17, 15) is 14.9 Å². The Balaban J connectivity index is 1.93. The van der Waals surface area contributed by atoms with Crippen molar-refractivity contribution in [3.05, 3.63) is 84.2 Å². The van der Waals surface area contributed by atoms with Gasteiger partial charge >= 0.3 is 5.70 Å². The molecule has 0 unspecified atom stereocenters. The van der Waals surface area contributed by atoms with Crippen LogP contribution in [0, 0.1) is 10.1 Å². The van der Waals surface area contributed by atoms with Crippen molar-refractivity contribution in [3.63, 3.8) is 0 Å². The number of hydrogen-bond acceptors (Lipinski definition) is 5. The SMILES string of the molecule is O=c1c(=CC2=CC([N+](=O)[O-])=C=C=C2)sc2nc3ccccc3n12. The maximum absolute atomic E-state index is 12.6. The van der Waals surface area contributed by atoms with E-state index in [2.05, 4.69) is 16.4 Å². The Hall–Kier alpha value is -3.24. The molecule has 6 nitrogen and oxygen atoms in total. The molecular weight excluding hydrogens is 314 g/mol. The van der Waals surface area contributed by atoms with Gasteiger partial charge in [0.05, 0.1) is 20.5 Å². The van der Waals surface area contributed by atoms with Gasteiger partial charge in [-0.3, -0.25) is 14.9 Å². The number of allylic oxidation sites excluding steroid dienone is 3. The smallest absolute Gasteiger partial charge is 0.267 e. The molecule has 0 saturated heterocycles. The summed E-state index contributed by atoms with van der Waals surface area (Å²) in [5, 5.41) is 10.8. The number of para-hydroxylation sites is 2. The van der Waals surface area contributed by atoms with Crippen LogP contribution in [0.1, 0.15) is 0 Å². The number of benzene rings is 1. The zero-order chi connectivity index (χ0) is 16.0. The highest BCUT2D eigenvalue weighted by molar-refractivity contribution is 7.15. The molecule has 0 amide bonds. The van der Waals surface area contributed by atoms with Gasteiger partial charge in [0.2, 0.25) is 0 Å². The van der Waals surface area contributed by atoms with E-state index in [1.165, 1.54) is 17.4 Å². The topological polar surface area (TPSA) is 77.5 Å². The summed E-state index contributed by atoms with van der Waals surface area (Å²) >= 11 is 1.25. The predicted octanol–water partition coefficient (Wildman–Crippen LogP) is 1.82. The fourth-order valence-electron chi connectivity index (χ4n) is 2.37. The maximum atomic E-state index is 12.6. The molecule has 0 atom stereocenters. The van der Waals surface area contributed by atoms with Crippen molar-refractivity contribution in [2.75, 3.05) is 0 Å². The highest BCUT2D eigenvalue weighted by atomic mass is 32.1. The Morgan fingerprint density at radius 3 is 3.00 bits per heavy atom. The number of rotatable bonds is 2. The molecule has 0 radical (unpaired) electrons. The van der Waals surface area contributed by atoms with Crippen molar-refractivity contribution in [3.8, 4) is 0 Å². The first-order chi connectivity index (χ1) is 11.1. The summed E-state index contributed by atoms with van der Waals surface area (Å²) < 4.78 is 2.02. The molecule has 1 aliphatic carbocycles. The number of thiazole rings is 1. The summed E-state index contributed by atoms with van der Waals surface area (Å²) in [6.07, 6.45) is 4.51. The fourth-order valence-corrected chi connectivity index (χ4v) is 3.36. The van der Waals surface area contributed by atoms with Crippen LogP contribution in [0.3, 0.4) is 0 Å². The Kier molecular flexibility index (Phi) is 2.86. The molecule has 0 fully saturated rings. The van der Waals surface area contributed by atoms with Crippen LogP contribution in [0.2, 0.25) is 0 Å². The first-order valence-electron chi connectivity index (χ1n) is 6.63. The average molecular weight is 321 g/mol. The first kappa shape index (κ1) is 13.4. The Morgan fingerprint density at radius 1 is 1.35 bits per heavy atom. The third-order valence-electron chi connectivity index (χ3n) is 3.38. The normalized spacial score (nSPS) is 14.5. The minimum Gasteiger partial charge on any atom is -0.267 e. The first-order valence-corrected chi connectivity index (χ1v) is 7.45. The molecule has 23 heavy (non-hydrogen) atoms. The van der Waals surface area contributed by atoms with Gasteiger partial charge < -0.3 is 0 Å². The van der Waals surface area contributed by atoms with Gasteiger partial charge in [0.25, 0.3) is 5.56 Å². The van der Waals surface area contributed by atoms with Crippen LogP contribution in [0.4, 0.5) is 0 Å². The molecule has 1 aromatic carbocycles. The van der Waals surface area contributed by atoms with Crippen molar-refractivity contribution in [1.82, 2.24) is 9.38 Å². The minimum atomic E-state index is -0.541. The molecule has 0 bridgehead atoms. The second-order valence-corrected chi connectivity index (χ2v) is 5.84. The van der Waals surface area contributed by atoms with E-state index < -0.39 is 4.92 Å². The lowest BCUT2D eigenvalue weighted by Crippen LogP contribution is -2.22. The molecule has 110 valence electrons. The van der Waals surface area contributed by atoms with Gasteiger partial charge in [-0.2, -0.15) is 0 Å². The Labute approximate surface area is 132 Å². The van der Waals surface area contributed by atoms with E-state index in [1.807, 2.05) is 24.3 Å². The van der Waals surface area contributed by atoms with Crippen LogP contribution in [0.25, 0.3) is 22.1 Å². The zero-order valence-electron chi connectivity index (χ0n) is 11.5. The number of nitro groups is 1. The lowest BCUT2D eigenvalue weighted by molar-refractivity contribution is -0.418.